The molecule has 11 nitrogen and oxygen atoms in total. The first-order valence-electron chi connectivity index (χ1n) is 10.6. The molecule has 32 heavy (non-hydrogen) atoms. The standard InChI is InChI=1S/C21H23N9O2/c1-3-14(15-7-4-11(2)9-22-15)25-19-27-17-12(8-16-18(31)28-21(32)26-16)10-23-30(17)20(29-19)24-13-5-6-13/h4,7-10,13-14H,3,5-6H2,1-2H3,(H2,24,25,27,29)(H2,26,28,31,32)/b16-8-. The Morgan fingerprint density at radius 1 is 1.22 bits per heavy atom. The molecule has 164 valence electrons. The molecular weight excluding hydrogens is 410 g/mol. The quantitative estimate of drug-likeness (QED) is 0.328. The van der Waals surface area contributed by atoms with E-state index in [1.807, 2.05) is 25.3 Å². The Balaban J connectivity index is 1.53. The predicted molar refractivity (Wildman–Crippen MR) is 118 cm³/mol. The number of nitrogens with zero attached hydrogens (tertiary/aromatic N) is 5. The highest BCUT2D eigenvalue weighted by Gasteiger charge is 2.26. The third-order valence-electron chi connectivity index (χ3n) is 5.33. The molecule has 0 aromatic carbocycles. The van der Waals surface area contributed by atoms with E-state index < -0.39 is 11.9 Å². The van der Waals surface area contributed by atoms with E-state index in [2.05, 4.69) is 48.2 Å². The van der Waals surface area contributed by atoms with E-state index in [9.17, 15) is 9.59 Å². The van der Waals surface area contributed by atoms with Crippen LogP contribution >= 0.6 is 0 Å². The van der Waals surface area contributed by atoms with Gasteiger partial charge in [-0.1, -0.05) is 13.0 Å². The van der Waals surface area contributed by atoms with Crippen LogP contribution in [0.3, 0.4) is 0 Å². The Morgan fingerprint density at radius 2 is 2.06 bits per heavy atom. The van der Waals surface area contributed by atoms with Gasteiger partial charge in [-0.05, 0) is 43.9 Å². The molecule has 0 spiro atoms. The van der Waals surface area contributed by atoms with Crippen LogP contribution < -0.4 is 21.3 Å². The van der Waals surface area contributed by atoms with Crippen molar-refractivity contribution in [3.63, 3.8) is 0 Å². The Labute approximate surface area is 183 Å². The summed E-state index contributed by atoms with van der Waals surface area (Å²) in [5.41, 5.74) is 3.24. The molecule has 4 heterocycles. The van der Waals surface area contributed by atoms with Crippen LogP contribution in [-0.2, 0) is 4.79 Å². The Bertz CT molecular complexity index is 1230. The molecule has 3 aromatic rings. The molecule has 5 rings (SSSR count). The minimum absolute atomic E-state index is 0.0727. The molecular formula is C21H23N9O2. The van der Waals surface area contributed by atoms with Crippen molar-refractivity contribution in [2.24, 2.45) is 0 Å². The molecule has 3 aromatic heterocycles. The SMILES string of the molecule is CCC(Nc1nc(NC2CC2)n2ncc(/C=C3\NC(=O)NC3=O)c2n1)c1ccc(C)cn1. The van der Waals surface area contributed by atoms with Gasteiger partial charge < -0.3 is 16.0 Å². The van der Waals surface area contributed by atoms with E-state index in [0.29, 0.717) is 29.1 Å². The monoisotopic (exact) mass is 433 g/mol. The molecule has 1 saturated carbocycles. The predicted octanol–water partition coefficient (Wildman–Crippen LogP) is 2.15. The average molecular weight is 433 g/mol. The van der Waals surface area contributed by atoms with Gasteiger partial charge in [0.05, 0.1) is 17.9 Å². The number of pyridine rings is 1. The van der Waals surface area contributed by atoms with Gasteiger partial charge in [0.1, 0.15) is 5.70 Å². The highest BCUT2D eigenvalue weighted by molar-refractivity contribution is 6.14. The third-order valence-corrected chi connectivity index (χ3v) is 5.33. The molecule has 11 heteroatoms. The van der Waals surface area contributed by atoms with Crippen molar-refractivity contribution in [1.82, 2.24) is 35.2 Å². The van der Waals surface area contributed by atoms with E-state index in [-0.39, 0.29) is 11.7 Å². The molecule has 4 N–H and O–H groups in total. The maximum Gasteiger partial charge on any atom is 0.326 e. The summed E-state index contributed by atoms with van der Waals surface area (Å²) < 4.78 is 1.61. The van der Waals surface area contributed by atoms with Crippen molar-refractivity contribution >= 4 is 35.6 Å². The number of aromatic nitrogens is 5. The van der Waals surface area contributed by atoms with E-state index in [1.165, 1.54) is 0 Å². The van der Waals surface area contributed by atoms with Gasteiger partial charge in [0.2, 0.25) is 11.9 Å². The Morgan fingerprint density at radius 3 is 2.72 bits per heavy atom. The van der Waals surface area contributed by atoms with Gasteiger partial charge in [-0.15, -0.1) is 0 Å². The largest absolute Gasteiger partial charge is 0.351 e. The summed E-state index contributed by atoms with van der Waals surface area (Å²) in [6.07, 6.45) is 7.92. The first kappa shape index (κ1) is 19.9. The molecule has 3 amide bonds. The highest BCUT2D eigenvalue weighted by Crippen LogP contribution is 2.27. The number of urea groups is 1. The molecule has 1 aliphatic carbocycles. The van der Waals surface area contributed by atoms with Crippen LogP contribution in [0.2, 0.25) is 0 Å². The molecule has 2 aliphatic rings. The van der Waals surface area contributed by atoms with E-state index in [0.717, 1.165) is 30.5 Å². The first-order valence-corrected chi connectivity index (χ1v) is 10.6. The lowest BCUT2D eigenvalue weighted by atomic mass is 10.1. The van der Waals surface area contributed by atoms with Gasteiger partial charge in [-0.3, -0.25) is 15.1 Å². The average Bonchev–Trinajstić information content (AvgIpc) is 3.41. The minimum Gasteiger partial charge on any atom is -0.351 e. The van der Waals surface area contributed by atoms with Crippen LogP contribution in [0.5, 0.6) is 0 Å². The highest BCUT2D eigenvalue weighted by atomic mass is 16.2. The van der Waals surface area contributed by atoms with Crippen LogP contribution in [-0.4, -0.2) is 42.5 Å². The lowest BCUT2D eigenvalue weighted by Crippen LogP contribution is -2.22. The van der Waals surface area contributed by atoms with Gasteiger partial charge in [-0.25, -0.2) is 4.79 Å². The second kappa shape index (κ2) is 7.91. The Kier molecular flexibility index (Phi) is 4.92. The van der Waals surface area contributed by atoms with Crippen molar-refractivity contribution in [3.8, 4) is 0 Å². The number of amides is 3. The topological polar surface area (TPSA) is 138 Å². The number of aryl methyl sites for hydroxylation is 1. The fraction of sp³-hybridized carbons (Fsp3) is 0.333. The van der Waals surface area contributed by atoms with Gasteiger partial charge in [0.25, 0.3) is 5.91 Å². The number of hydrogen-bond acceptors (Lipinski definition) is 8. The van der Waals surface area contributed by atoms with Crippen LogP contribution in [0.25, 0.3) is 11.7 Å². The van der Waals surface area contributed by atoms with E-state index >= 15 is 0 Å². The second-order valence-corrected chi connectivity index (χ2v) is 7.96. The summed E-state index contributed by atoms with van der Waals surface area (Å²) in [4.78, 5) is 37.2. The maximum atomic E-state index is 11.9. The van der Waals surface area contributed by atoms with Crippen molar-refractivity contribution in [2.45, 2.75) is 45.2 Å². The lowest BCUT2D eigenvalue weighted by molar-refractivity contribution is -0.115. The van der Waals surface area contributed by atoms with Crippen molar-refractivity contribution in [2.75, 3.05) is 10.6 Å². The summed E-state index contributed by atoms with van der Waals surface area (Å²) in [6, 6.07) is 3.75. The first-order chi connectivity index (χ1) is 15.5. The van der Waals surface area contributed by atoms with Crippen LogP contribution in [0.1, 0.15) is 49.0 Å². The van der Waals surface area contributed by atoms with Crippen molar-refractivity contribution in [1.29, 1.82) is 0 Å². The third kappa shape index (κ3) is 3.96. The lowest BCUT2D eigenvalue weighted by Gasteiger charge is -2.17. The van der Waals surface area contributed by atoms with Crippen LogP contribution in [0.4, 0.5) is 16.7 Å². The summed E-state index contributed by atoms with van der Waals surface area (Å²) in [7, 11) is 0. The van der Waals surface area contributed by atoms with E-state index in [1.54, 1.807) is 16.8 Å². The molecule has 1 saturated heterocycles. The van der Waals surface area contributed by atoms with Crippen LogP contribution in [0, 0.1) is 6.92 Å². The summed E-state index contributed by atoms with van der Waals surface area (Å²) in [5.74, 6) is 0.501. The fourth-order valence-corrected chi connectivity index (χ4v) is 3.43. The summed E-state index contributed by atoms with van der Waals surface area (Å²) in [5, 5.41) is 15.8. The summed E-state index contributed by atoms with van der Waals surface area (Å²) >= 11 is 0. The van der Waals surface area contributed by atoms with E-state index in [4.69, 9.17) is 0 Å². The molecule has 1 atom stereocenters. The second-order valence-electron chi connectivity index (χ2n) is 7.96. The zero-order valence-electron chi connectivity index (χ0n) is 17.7. The number of hydrogen-bond donors (Lipinski definition) is 4. The molecule has 0 radical (unpaired) electrons. The smallest absolute Gasteiger partial charge is 0.326 e. The number of anilines is 2. The van der Waals surface area contributed by atoms with Gasteiger partial charge in [0.15, 0.2) is 5.65 Å². The fourth-order valence-electron chi connectivity index (χ4n) is 3.43. The number of rotatable bonds is 7. The molecule has 1 aliphatic heterocycles. The number of fused-ring (bicyclic) bond motifs is 1. The maximum absolute atomic E-state index is 11.9. The minimum atomic E-state index is -0.554. The van der Waals surface area contributed by atoms with Crippen molar-refractivity contribution < 1.29 is 9.59 Å². The number of nitrogens with one attached hydrogen (secondary N) is 4. The molecule has 2 fully saturated rings. The number of carbonyl (C=O) groups is 2. The molecule has 0 bridgehead atoms. The van der Waals surface area contributed by atoms with Crippen LogP contribution in [0.15, 0.2) is 30.2 Å². The number of imide groups is 1. The van der Waals surface area contributed by atoms with Gasteiger partial charge in [-0.2, -0.15) is 19.6 Å². The van der Waals surface area contributed by atoms with Gasteiger partial charge in [0, 0.05) is 17.8 Å². The zero-order chi connectivity index (χ0) is 22.2. The zero-order valence-corrected chi connectivity index (χ0v) is 17.7. The van der Waals surface area contributed by atoms with Crippen molar-refractivity contribution in [3.05, 3.63) is 47.0 Å². The number of carbonyl (C=O) groups excluding carboxylic acids is 2. The normalized spacial score (nSPS) is 18.0. The van der Waals surface area contributed by atoms with Gasteiger partial charge >= 0.3 is 6.03 Å². The Hall–Kier alpha value is -4.02. The molecule has 1 unspecified atom stereocenters. The summed E-state index contributed by atoms with van der Waals surface area (Å²) in [6.45, 7) is 4.07.